The summed E-state index contributed by atoms with van der Waals surface area (Å²) in [6, 6.07) is 1.76. The van der Waals surface area contributed by atoms with Crippen molar-refractivity contribution in [2.75, 3.05) is 13.1 Å². The van der Waals surface area contributed by atoms with Crippen LogP contribution in [0, 0.1) is 0 Å². The first-order chi connectivity index (χ1) is 12.3. The van der Waals surface area contributed by atoms with Gasteiger partial charge in [0.15, 0.2) is 11.5 Å². The third-order valence-corrected chi connectivity index (χ3v) is 4.71. The van der Waals surface area contributed by atoms with E-state index in [1.807, 2.05) is 0 Å². The number of aromatic nitrogens is 5. The van der Waals surface area contributed by atoms with E-state index in [1.165, 1.54) is 12.5 Å². The maximum Gasteiger partial charge on any atom is 0.280 e. The SMILES string of the molecule is O=C(c1ccoc1)N1CCC(n2cc(-c3nc(C4CC4)no3)nn2)C1. The van der Waals surface area contributed by atoms with E-state index in [-0.39, 0.29) is 11.9 Å². The van der Waals surface area contributed by atoms with Crippen LogP contribution >= 0.6 is 0 Å². The van der Waals surface area contributed by atoms with Gasteiger partial charge in [0.2, 0.25) is 0 Å². The summed E-state index contributed by atoms with van der Waals surface area (Å²) in [5.41, 5.74) is 1.14. The highest BCUT2D eigenvalue weighted by Gasteiger charge is 2.31. The first kappa shape index (κ1) is 14.4. The largest absolute Gasteiger partial charge is 0.472 e. The lowest BCUT2D eigenvalue weighted by molar-refractivity contribution is 0.0786. The summed E-state index contributed by atoms with van der Waals surface area (Å²) in [6.45, 7) is 1.26. The molecule has 1 aliphatic carbocycles. The molecule has 0 N–H and O–H groups in total. The Labute approximate surface area is 142 Å². The van der Waals surface area contributed by atoms with Crippen molar-refractivity contribution in [1.82, 2.24) is 30.0 Å². The number of furan rings is 1. The van der Waals surface area contributed by atoms with Crippen molar-refractivity contribution >= 4 is 5.91 Å². The van der Waals surface area contributed by atoms with Gasteiger partial charge in [-0.3, -0.25) is 4.79 Å². The second kappa shape index (κ2) is 5.54. The summed E-state index contributed by atoms with van der Waals surface area (Å²) in [6.07, 6.45) is 7.84. The zero-order valence-corrected chi connectivity index (χ0v) is 13.4. The Morgan fingerprint density at radius 2 is 2.20 bits per heavy atom. The normalized spacial score (nSPS) is 20.3. The van der Waals surface area contributed by atoms with Crippen molar-refractivity contribution in [2.45, 2.75) is 31.2 Å². The van der Waals surface area contributed by atoms with Crippen LogP contribution in [0.1, 0.15) is 47.4 Å². The first-order valence-electron chi connectivity index (χ1n) is 8.35. The van der Waals surface area contributed by atoms with Crippen molar-refractivity contribution in [2.24, 2.45) is 0 Å². The van der Waals surface area contributed by atoms with E-state index in [0.29, 0.717) is 36.2 Å². The van der Waals surface area contributed by atoms with Gasteiger partial charge in [0.05, 0.1) is 24.1 Å². The molecule has 128 valence electrons. The van der Waals surface area contributed by atoms with Crippen LogP contribution in [-0.2, 0) is 0 Å². The van der Waals surface area contributed by atoms with Gasteiger partial charge in [-0.25, -0.2) is 4.68 Å². The van der Waals surface area contributed by atoms with E-state index in [1.54, 1.807) is 21.8 Å². The number of rotatable bonds is 4. The van der Waals surface area contributed by atoms with Crippen LogP contribution < -0.4 is 0 Å². The van der Waals surface area contributed by atoms with E-state index in [2.05, 4.69) is 20.5 Å². The Hall–Kier alpha value is -2.97. The summed E-state index contributed by atoms with van der Waals surface area (Å²) in [5, 5.41) is 12.3. The maximum absolute atomic E-state index is 12.4. The summed E-state index contributed by atoms with van der Waals surface area (Å²) < 4.78 is 12.0. The number of hydrogen-bond acceptors (Lipinski definition) is 7. The average molecular weight is 340 g/mol. The molecule has 1 saturated heterocycles. The molecule has 25 heavy (non-hydrogen) atoms. The second-order valence-corrected chi connectivity index (χ2v) is 6.52. The third-order valence-electron chi connectivity index (χ3n) is 4.71. The monoisotopic (exact) mass is 340 g/mol. The molecule has 2 fully saturated rings. The van der Waals surface area contributed by atoms with Gasteiger partial charge in [-0.1, -0.05) is 10.4 Å². The molecular formula is C16H16N6O3. The van der Waals surface area contributed by atoms with Crippen molar-refractivity contribution in [3.8, 4) is 11.6 Å². The van der Waals surface area contributed by atoms with Gasteiger partial charge < -0.3 is 13.8 Å². The molecule has 1 amide bonds. The first-order valence-corrected chi connectivity index (χ1v) is 8.35. The van der Waals surface area contributed by atoms with Gasteiger partial charge in [0.1, 0.15) is 6.26 Å². The number of nitrogens with zero attached hydrogens (tertiary/aromatic N) is 6. The summed E-state index contributed by atoms with van der Waals surface area (Å²) in [7, 11) is 0. The van der Waals surface area contributed by atoms with E-state index in [9.17, 15) is 4.79 Å². The maximum atomic E-state index is 12.4. The van der Waals surface area contributed by atoms with Crippen LogP contribution in [0.15, 0.2) is 33.7 Å². The fourth-order valence-electron chi connectivity index (χ4n) is 3.11. The average Bonchev–Trinajstić information content (AvgIpc) is 3.16. The van der Waals surface area contributed by atoms with Crippen LogP contribution in [-0.4, -0.2) is 49.0 Å². The number of amides is 1. The minimum absolute atomic E-state index is 0.0254. The van der Waals surface area contributed by atoms with Gasteiger partial charge >= 0.3 is 0 Å². The van der Waals surface area contributed by atoms with Gasteiger partial charge in [0, 0.05) is 19.0 Å². The lowest BCUT2D eigenvalue weighted by Crippen LogP contribution is -2.28. The van der Waals surface area contributed by atoms with Crippen molar-refractivity contribution in [3.63, 3.8) is 0 Å². The molecule has 0 spiro atoms. The highest BCUT2D eigenvalue weighted by molar-refractivity contribution is 5.94. The molecule has 0 aromatic carbocycles. The van der Waals surface area contributed by atoms with Crippen LogP contribution in [0.2, 0.25) is 0 Å². The molecule has 2 aliphatic rings. The number of likely N-dealkylation sites (tertiary alicyclic amines) is 1. The molecule has 0 bridgehead atoms. The van der Waals surface area contributed by atoms with E-state index >= 15 is 0 Å². The Balaban J connectivity index is 1.29. The molecule has 3 aromatic rings. The predicted molar refractivity (Wildman–Crippen MR) is 83.6 cm³/mol. The van der Waals surface area contributed by atoms with Crippen LogP contribution in [0.3, 0.4) is 0 Å². The van der Waals surface area contributed by atoms with E-state index in [0.717, 1.165) is 25.1 Å². The Kier molecular flexibility index (Phi) is 3.19. The lowest BCUT2D eigenvalue weighted by atomic mass is 10.3. The van der Waals surface area contributed by atoms with Gasteiger partial charge in [0.25, 0.3) is 11.8 Å². The second-order valence-electron chi connectivity index (χ2n) is 6.52. The van der Waals surface area contributed by atoms with Crippen molar-refractivity contribution in [3.05, 3.63) is 36.2 Å². The molecule has 1 aliphatic heterocycles. The highest BCUT2D eigenvalue weighted by atomic mass is 16.5. The molecule has 3 aromatic heterocycles. The topological polar surface area (TPSA) is 103 Å². The summed E-state index contributed by atoms with van der Waals surface area (Å²) >= 11 is 0. The predicted octanol–water partition coefficient (Wildman–Crippen LogP) is 1.89. The Morgan fingerprint density at radius 1 is 1.28 bits per heavy atom. The van der Waals surface area contributed by atoms with Gasteiger partial charge in [-0.2, -0.15) is 4.98 Å². The molecule has 1 unspecified atom stereocenters. The molecule has 9 heteroatoms. The molecule has 1 atom stereocenters. The number of hydrogen-bond donors (Lipinski definition) is 0. The molecule has 1 saturated carbocycles. The van der Waals surface area contributed by atoms with Gasteiger partial charge in [-0.05, 0) is 25.3 Å². The summed E-state index contributed by atoms with van der Waals surface area (Å²) in [5.74, 6) is 1.56. The van der Waals surface area contributed by atoms with Crippen LogP contribution in [0.5, 0.6) is 0 Å². The fraction of sp³-hybridized carbons (Fsp3) is 0.438. The molecular weight excluding hydrogens is 324 g/mol. The minimum atomic E-state index is -0.0254. The number of carbonyl (C=O) groups excluding carboxylic acids is 1. The lowest BCUT2D eigenvalue weighted by Gasteiger charge is -2.15. The highest BCUT2D eigenvalue weighted by Crippen LogP contribution is 2.38. The fourth-order valence-corrected chi connectivity index (χ4v) is 3.11. The Bertz CT molecular complexity index is 895. The third kappa shape index (κ3) is 2.61. The molecule has 5 rings (SSSR count). The van der Waals surface area contributed by atoms with Crippen molar-refractivity contribution < 1.29 is 13.7 Å². The molecule has 4 heterocycles. The zero-order valence-electron chi connectivity index (χ0n) is 13.4. The molecule has 0 radical (unpaired) electrons. The van der Waals surface area contributed by atoms with E-state index in [4.69, 9.17) is 8.94 Å². The number of carbonyl (C=O) groups is 1. The van der Waals surface area contributed by atoms with E-state index < -0.39 is 0 Å². The van der Waals surface area contributed by atoms with Crippen LogP contribution in [0.4, 0.5) is 0 Å². The summed E-state index contributed by atoms with van der Waals surface area (Å²) in [4.78, 5) is 18.6. The van der Waals surface area contributed by atoms with Crippen LogP contribution in [0.25, 0.3) is 11.6 Å². The smallest absolute Gasteiger partial charge is 0.280 e. The quantitative estimate of drug-likeness (QED) is 0.714. The van der Waals surface area contributed by atoms with Gasteiger partial charge in [-0.15, -0.1) is 5.10 Å². The molecule has 9 nitrogen and oxygen atoms in total. The Morgan fingerprint density at radius 3 is 3.00 bits per heavy atom. The zero-order chi connectivity index (χ0) is 16.8. The minimum Gasteiger partial charge on any atom is -0.472 e. The standard InChI is InChI=1S/C16H16N6O3/c23-16(11-4-6-24-9-11)21-5-3-12(7-21)22-8-13(18-20-22)15-17-14(19-25-15)10-1-2-10/h4,6,8-10,12H,1-3,5,7H2. The van der Waals surface area contributed by atoms with Crippen molar-refractivity contribution in [1.29, 1.82) is 0 Å².